The molecule has 10 rings (SSSR count). The number of nitrogens with zero attached hydrogens (tertiary/aromatic N) is 3. The Morgan fingerprint density at radius 1 is 0.288 bits per heavy atom. The molecule has 0 fully saturated rings. The Hall–Kier alpha value is -6.97. The summed E-state index contributed by atoms with van der Waals surface area (Å²) in [7, 11) is 0. The van der Waals surface area contributed by atoms with E-state index in [0.29, 0.717) is 5.82 Å². The van der Waals surface area contributed by atoms with Crippen molar-refractivity contribution in [1.82, 2.24) is 15.0 Å². The molecular weight excluding hydrogens is 631 g/mol. The first-order valence-electron chi connectivity index (χ1n) is 17.6. The summed E-state index contributed by atoms with van der Waals surface area (Å²) in [6.45, 7) is 0. The molecule has 3 heteroatoms. The van der Waals surface area contributed by atoms with Gasteiger partial charge in [0, 0.05) is 29.1 Å². The fourth-order valence-electron chi connectivity index (χ4n) is 7.72. The van der Waals surface area contributed by atoms with E-state index in [1.54, 1.807) is 0 Å². The quantitative estimate of drug-likeness (QED) is 0.172. The molecule has 8 aromatic carbocycles. The highest BCUT2D eigenvalue weighted by Gasteiger charge is 2.18. The SMILES string of the molecule is c1ccc(-c2cc(-c3ccccc3)nc(-c3cc(-c4ccncc4)cc(-c4cc5c6ccccc6c6ccccc6c5c5ccccc45)c3)n2)cc1. The van der Waals surface area contributed by atoms with E-state index in [1.807, 2.05) is 24.5 Å². The fourth-order valence-corrected chi connectivity index (χ4v) is 7.72. The first-order valence-corrected chi connectivity index (χ1v) is 17.6. The molecule has 0 amide bonds. The topological polar surface area (TPSA) is 38.7 Å². The lowest BCUT2D eigenvalue weighted by Gasteiger charge is -2.17. The van der Waals surface area contributed by atoms with Crippen LogP contribution in [0.15, 0.2) is 188 Å². The zero-order valence-corrected chi connectivity index (χ0v) is 28.2. The number of aromatic nitrogens is 3. The molecule has 52 heavy (non-hydrogen) atoms. The van der Waals surface area contributed by atoms with Crippen molar-refractivity contribution >= 4 is 43.1 Å². The van der Waals surface area contributed by atoms with Gasteiger partial charge in [0.15, 0.2) is 5.82 Å². The summed E-state index contributed by atoms with van der Waals surface area (Å²) in [5.41, 5.74) is 9.26. The minimum absolute atomic E-state index is 0.680. The van der Waals surface area contributed by atoms with E-state index >= 15 is 0 Å². The van der Waals surface area contributed by atoms with Crippen molar-refractivity contribution in [2.24, 2.45) is 0 Å². The Kier molecular flexibility index (Phi) is 7.14. The molecule has 0 saturated heterocycles. The molecule has 0 aliphatic heterocycles. The van der Waals surface area contributed by atoms with Gasteiger partial charge in [-0.25, -0.2) is 9.97 Å². The molecule has 0 bridgehead atoms. The second-order valence-electron chi connectivity index (χ2n) is 13.2. The Morgan fingerprint density at radius 3 is 1.37 bits per heavy atom. The average molecular weight is 662 g/mol. The van der Waals surface area contributed by atoms with Crippen LogP contribution in [-0.2, 0) is 0 Å². The largest absolute Gasteiger partial charge is 0.265 e. The molecule has 242 valence electrons. The molecule has 2 aromatic heterocycles. The summed E-state index contributed by atoms with van der Waals surface area (Å²) in [5.74, 6) is 0.680. The Balaban J connectivity index is 1.29. The number of hydrogen-bond donors (Lipinski definition) is 0. The maximum atomic E-state index is 5.23. The molecule has 0 unspecified atom stereocenters. The van der Waals surface area contributed by atoms with Gasteiger partial charge in [0.2, 0.25) is 0 Å². The summed E-state index contributed by atoms with van der Waals surface area (Å²) < 4.78 is 0. The van der Waals surface area contributed by atoms with Crippen LogP contribution in [0, 0.1) is 0 Å². The second kappa shape index (κ2) is 12.4. The number of hydrogen-bond acceptors (Lipinski definition) is 3. The van der Waals surface area contributed by atoms with Crippen molar-refractivity contribution in [2.75, 3.05) is 0 Å². The minimum atomic E-state index is 0.680. The van der Waals surface area contributed by atoms with Crippen LogP contribution >= 0.6 is 0 Å². The van der Waals surface area contributed by atoms with Crippen LogP contribution in [0.1, 0.15) is 0 Å². The Labute approximate surface area is 301 Å². The van der Waals surface area contributed by atoms with Gasteiger partial charge in [-0.3, -0.25) is 4.98 Å². The molecule has 2 heterocycles. The van der Waals surface area contributed by atoms with Crippen LogP contribution in [0.3, 0.4) is 0 Å². The van der Waals surface area contributed by atoms with Crippen LogP contribution in [-0.4, -0.2) is 15.0 Å². The zero-order valence-electron chi connectivity index (χ0n) is 28.2. The summed E-state index contributed by atoms with van der Waals surface area (Å²) >= 11 is 0. The smallest absolute Gasteiger partial charge is 0.160 e. The third kappa shape index (κ3) is 5.10. The maximum Gasteiger partial charge on any atom is 0.160 e. The molecule has 0 radical (unpaired) electrons. The lowest BCUT2D eigenvalue weighted by atomic mass is 9.86. The second-order valence-corrected chi connectivity index (χ2v) is 13.2. The minimum Gasteiger partial charge on any atom is -0.265 e. The first kappa shape index (κ1) is 29.9. The zero-order chi connectivity index (χ0) is 34.4. The molecule has 0 aliphatic rings. The Morgan fingerprint density at radius 2 is 0.750 bits per heavy atom. The highest BCUT2D eigenvalue weighted by atomic mass is 14.9. The lowest BCUT2D eigenvalue weighted by Crippen LogP contribution is -1.97. The van der Waals surface area contributed by atoms with E-state index in [2.05, 4.69) is 169 Å². The third-order valence-electron chi connectivity index (χ3n) is 10.1. The maximum absolute atomic E-state index is 5.23. The molecule has 0 N–H and O–H groups in total. The van der Waals surface area contributed by atoms with E-state index in [0.717, 1.165) is 44.8 Å². The summed E-state index contributed by atoms with van der Waals surface area (Å²) in [6.07, 6.45) is 3.70. The molecule has 0 atom stereocenters. The van der Waals surface area contributed by atoms with Crippen LogP contribution in [0.4, 0.5) is 0 Å². The van der Waals surface area contributed by atoms with Gasteiger partial charge in [-0.15, -0.1) is 0 Å². The van der Waals surface area contributed by atoms with Crippen molar-refractivity contribution in [3.05, 3.63) is 188 Å². The van der Waals surface area contributed by atoms with Crippen LogP contribution in [0.5, 0.6) is 0 Å². The van der Waals surface area contributed by atoms with E-state index < -0.39 is 0 Å². The van der Waals surface area contributed by atoms with Gasteiger partial charge in [0.25, 0.3) is 0 Å². The molecular formula is C49H31N3. The van der Waals surface area contributed by atoms with Crippen molar-refractivity contribution in [3.8, 4) is 56.2 Å². The number of pyridine rings is 1. The molecule has 0 aliphatic carbocycles. The fraction of sp³-hybridized carbons (Fsp3) is 0. The van der Waals surface area contributed by atoms with E-state index in [1.165, 1.54) is 48.7 Å². The van der Waals surface area contributed by atoms with Gasteiger partial charge in [-0.05, 0) is 108 Å². The Bertz CT molecular complexity index is 2880. The first-order chi connectivity index (χ1) is 25.8. The predicted octanol–water partition coefficient (Wildman–Crippen LogP) is 12.8. The third-order valence-corrected chi connectivity index (χ3v) is 10.1. The molecule has 0 spiro atoms. The normalized spacial score (nSPS) is 11.5. The van der Waals surface area contributed by atoms with Gasteiger partial charge in [-0.1, -0.05) is 133 Å². The summed E-state index contributed by atoms with van der Waals surface area (Å²) in [6, 6.07) is 62.5. The highest BCUT2D eigenvalue weighted by Crippen LogP contribution is 2.44. The monoisotopic (exact) mass is 661 g/mol. The van der Waals surface area contributed by atoms with Gasteiger partial charge in [0.05, 0.1) is 11.4 Å². The lowest BCUT2D eigenvalue weighted by molar-refractivity contribution is 1.18. The van der Waals surface area contributed by atoms with Gasteiger partial charge in [0.1, 0.15) is 0 Å². The van der Waals surface area contributed by atoms with Crippen molar-refractivity contribution in [1.29, 1.82) is 0 Å². The molecule has 10 aromatic rings. The summed E-state index contributed by atoms with van der Waals surface area (Å²) in [4.78, 5) is 14.8. The van der Waals surface area contributed by atoms with Gasteiger partial charge < -0.3 is 0 Å². The van der Waals surface area contributed by atoms with E-state index in [4.69, 9.17) is 9.97 Å². The highest BCUT2D eigenvalue weighted by molar-refractivity contribution is 6.33. The van der Waals surface area contributed by atoms with Crippen LogP contribution in [0.2, 0.25) is 0 Å². The van der Waals surface area contributed by atoms with Gasteiger partial charge >= 0.3 is 0 Å². The van der Waals surface area contributed by atoms with Crippen LogP contribution in [0.25, 0.3) is 99.2 Å². The number of rotatable bonds is 5. The molecule has 0 saturated carbocycles. The summed E-state index contributed by atoms with van der Waals surface area (Å²) in [5, 5.41) is 10.0. The van der Waals surface area contributed by atoms with E-state index in [9.17, 15) is 0 Å². The van der Waals surface area contributed by atoms with Crippen LogP contribution < -0.4 is 0 Å². The molecule has 3 nitrogen and oxygen atoms in total. The van der Waals surface area contributed by atoms with Crippen molar-refractivity contribution < 1.29 is 0 Å². The number of benzene rings is 8. The van der Waals surface area contributed by atoms with Crippen molar-refractivity contribution in [3.63, 3.8) is 0 Å². The average Bonchev–Trinajstić information content (AvgIpc) is 3.24. The predicted molar refractivity (Wildman–Crippen MR) is 217 cm³/mol. The van der Waals surface area contributed by atoms with Crippen molar-refractivity contribution in [2.45, 2.75) is 0 Å². The number of fused-ring (bicyclic) bond motifs is 8. The standard InChI is InChI=1S/C49H31N3/c1-3-13-33(14-4-1)46-31-47(34-15-5-2-6-16-34)52-49(51-46)37-28-35(32-23-25-50-26-24-32)27-36(29-37)44-30-45-40-19-8-7-17-38(40)39-18-9-11-21-42(39)48(45)43-22-12-10-20-41(43)44/h1-31H. The van der Waals surface area contributed by atoms with Gasteiger partial charge in [-0.2, -0.15) is 0 Å². The van der Waals surface area contributed by atoms with E-state index in [-0.39, 0.29) is 0 Å².